The van der Waals surface area contributed by atoms with Crippen molar-refractivity contribution in [3.8, 4) is 0 Å². The van der Waals surface area contributed by atoms with Gasteiger partial charge in [0.25, 0.3) is 5.56 Å². The van der Waals surface area contributed by atoms with Crippen LogP contribution in [-0.4, -0.2) is 33.4 Å². The van der Waals surface area contributed by atoms with Gasteiger partial charge >= 0.3 is 6.18 Å². The Morgan fingerprint density at radius 2 is 1.92 bits per heavy atom. The third kappa shape index (κ3) is 4.34. The number of halogens is 3. The van der Waals surface area contributed by atoms with Crippen LogP contribution in [0.4, 0.5) is 13.2 Å². The number of alkyl halides is 3. The van der Waals surface area contributed by atoms with E-state index in [0.29, 0.717) is 25.7 Å². The fraction of sp³-hybridized carbons (Fsp3) is 0.611. The Balaban J connectivity index is 1.55. The van der Waals surface area contributed by atoms with E-state index < -0.39 is 17.4 Å². The molecule has 2 heterocycles. The van der Waals surface area contributed by atoms with Gasteiger partial charge in [-0.05, 0) is 38.0 Å². The van der Waals surface area contributed by atoms with Crippen LogP contribution in [0.15, 0.2) is 29.3 Å². The molecule has 0 saturated carbocycles. The quantitative estimate of drug-likeness (QED) is 0.770. The first-order valence-electron chi connectivity index (χ1n) is 8.92. The van der Waals surface area contributed by atoms with Crippen LogP contribution in [0, 0.1) is 11.8 Å². The number of aromatic nitrogens is 2. The Hall–Kier alpha value is -2.12. The molecule has 3 rings (SSSR count). The summed E-state index contributed by atoms with van der Waals surface area (Å²) >= 11 is 0. The van der Waals surface area contributed by atoms with E-state index in [-0.39, 0.29) is 17.7 Å². The van der Waals surface area contributed by atoms with Gasteiger partial charge in [0.15, 0.2) is 5.69 Å². The van der Waals surface area contributed by atoms with Gasteiger partial charge in [0.2, 0.25) is 5.91 Å². The molecule has 0 radical (unpaired) electrons. The van der Waals surface area contributed by atoms with Crippen molar-refractivity contribution >= 4 is 5.91 Å². The third-order valence-electron chi connectivity index (χ3n) is 5.17. The van der Waals surface area contributed by atoms with E-state index in [0.717, 1.165) is 38.4 Å². The molecule has 1 amide bonds. The van der Waals surface area contributed by atoms with E-state index in [1.807, 2.05) is 4.90 Å². The maximum absolute atomic E-state index is 12.6. The topological polar surface area (TPSA) is 55.2 Å². The standard InChI is InChI=1S/C18H22F3N3O2/c19-18(20,21)15-10-16(25)24(12-22-15)11-13-6-8-23(9-7-13)17(26)14-4-2-1-3-5-14/h1-2,10,12-14H,3-9,11H2. The monoisotopic (exact) mass is 369 g/mol. The van der Waals surface area contributed by atoms with Gasteiger partial charge in [0.05, 0.1) is 6.33 Å². The summed E-state index contributed by atoms with van der Waals surface area (Å²) in [5, 5.41) is 0. The fourth-order valence-electron chi connectivity index (χ4n) is 3.61. The highest BCUT2D eigenvalue weighted by atomic mass is 19.4. The first-order chi connectivity index (χ1) is 12.3. The number of nitrogens with zero attached hydrogens (tertiary/aromatic N) is 3. The van der Waals surface area contributed by atoms with E-state index in [4.69, 9.17) is 0 Å². The molecule has 0 spiro atoms. The number of allylic oxidation sites excluding steroid dienone is 2. The lowest BCUT2D eigenvalue weighted by Crippen LogP contribution is -2.43. The summed E-state index contributed by atoms with van der Waals surface area (Å²) in [6.45, 7) is 1.59. The van der Waals surface area contributed by atoms with Gasteiger partial charge < -0.3 is 4.90 Å². The highest BCUT2D eigenvalue weighted by molar-refractivity contribution is 5.79. The average molecular weight is 369 g/mol. The minimum Gasteiger partial charge on any atom is -0.342 e. The summed E-state index contributed by atoms with van der Waals surface area (Å²) in [5.41, 5.74) is -1.86. The van der Waals surface area contributed by atoms with Gasteiger partial charge in [0, 0.05) is 31.6 Å². The number of amides is 1. The van der Waals surface area contributed by atoms with E-state index in [9.17, 15) is 22.8 Å². The minimum atomic E-state index is -4.61. The second-order valence-electron chi connectivity index (χ2n) is 7.01. The smallest absolute Gasteiger partial charge is 0.342 e. The Labute approximate surface area is 149 Å². The Kier molecular flexibility index (Phi) is 5.48. The molecule has 1 aliphatic carbocycles. The average Bonchev–Trinajstić information content (AvgIpc) is 2.63. The summed E-state index contributed by atoms with van der Waals surface area (Å²) in [6, 6.07) is 0.537. The number of piperidine rings is 1. The number of rotatable bonds is 3. The maximum atomic E-state index is 12.6. The molecule has 1 fully saturated rings. The molecular formula is C18H22F3N3O2. The lowest BCUT2D eigenvalue weighted by molar-refractivity contribution is -0.141. The second-order valence-corrected chi connectivity index (χ2v) is 7.01. The predicted octanol–water partition coefficient (Wildman–Crippen LogP) is 2.86. The molecule has 0 bridgehead atoms. The second kappa shape index (κ2) is 7.63. The highest BCUT2D eigenvalue weighted by Crippen LogP contribution is 2.27. The van der Waals surface area contributed by atoms with Crippen LogP contribution in [0.5, 0.6) is 0 Å². The molecule has 1 aliphatic heterocycles. The molecule has 1 atom stereocenters. The van der Waals surface area contributed by atoms with Crippen LogP contribution >= 0.6 is 0 Å². The van der Waals surface area contributed by atoms with E-state index in [1.165, 1.54) is 4.57 Å². The van der Waals surface area contributed by atoms with Crippen molar-refractivity contribution in [3.63, 3.8) is 0 Å². The van der Waals surface area contributed by atoms with Crippen LogP contribution < -0.4 is 5.56 Å². The molecular weight excluding hydrogens is 347 g/mol. The van der Waals surface area contributed by atoms with Gasteiger partial charge in [0.1, 0.15) is 0 Å². The van der Waals surface area contributed by atoms with Crippen LogP contribution in [0.2, 0.25) is 0 Å². The molecule has 0 aromatic carbocycles. The van der Waals surface area contributed by atoms with Gasteiger partial charge in [-0.3, -0.25) is 14.2 Å². The number of likely N-dealkylation sites (tertiary alicyclic amines) is 1. The molecule has 142 valence electrons. The van der Waals surface area contributed by atoms with Gasteiger partial charge in [-0.1, -0.05) is 12.2 Å². The molecule has 8 heteroatoms. The highest BCUT2D eigenvalue weighted by Gasteiger charge is 2.33. The van der Waals surface area contributed by atoms with Crippen molar-refractivity contribution in [2.24, 2.45) is 11.8 Å². The van der Waals surface area contributed by atoms with E-state index in [1.54, 1.807) is 0 Å². The third-order valence-corrected chi connectivity index (χ3v) is 5.17. The zero-order valence-electron chi connectivity index (χ0n) is 14.4. The van der Waals surface area contributed by atoms with Crippen molar-refractivity contribution in [3.05, 3.63) is 40.6 Å². The molecule has 1 aromatic heterocycles. The number of hydrogen-bond acceptors (Lipinski definition) is 3. The number of carbonyl (C=O) groups excluding carboxylic acids is 1. The largest absolute Gasteiger partial charge is 0.433 e. The summed E-state index contributed by atoms with van der Waals surface area (Å²) in [6.07, 6.45) is 4.62. The molecule has 1 saturated heterocycles. The van der Waals surface area contributed by atoms with Crippen LogP contribution in [-0.2, 0) is 17.5 Å². The van der Waals surface area contributed by atoms with Crippen molar-refractivity contribution in [2.45, 2.75) is 44.8 Å². The Bertz CT molecular complexity index is 734. The molecule has 5 nitrogen and oxygen atoms in total. The van der Waals surface area contributed by atoms with Crippen molar-refractivity contribution in [2.75, 3.05) is 13.1 Å². The molecule has 26 heavy (non-hydrogen) atoms. The molecule has 2 aliphatic rings. The van der Waals surface area contributed by atoms with Gasteiger partial charge in [-0.25, -0.2) is 4.98 Å². The zero-order valence-corrected chi connectivity index (χ0v) is 14.4. The Morgan fingerprint density at radius 1 is 1.19 bits per heavy atom. The van der Waals surface area contributed by atoms with Crippen LogP contribution in [0.25, 0.3) is 0 Å². The van der Waals surface area contributed by atoms with E-state index >= 15 is 0 Å². The van der Waals surface area contributed by atoms with Crippen LogP contribution in [0.3, 0.4) is 0 Å². The SMILES string of the molecule is O=C(C1CC=CCC1)N1CCC(Cn2cnc(C(F)(F)F)cc2=O)CC1. The molecule has 1 aromatic rings. The predicted molar refractivity (Wildman–Crippen MR) is 89.3 cm³/mol. The first kappa shape index (κ1) is 18.7. The summed E-state index contributed by atoms with van der Waals surface area (Å²) < 4.78 is 39.0. The molecule has 1 unspecified atom stereocenters. The summed E-state index contributed by atoms with van der Waals surface area (Å²) in [4.78, 5) is 29.6. The van der Waals surface area contributed by atoms with Gasteiger partial charge in [-0.15, -0.1) is 0 Å². The van der Waals surface area contributed by atoms with E-state index in [2.05, 4.69) is 17.1 Å². The lowest BCUT2D eigenvalue weighted by Gasteiger charge is -2.34. The number of carbonyl (C=O) groups is 1. The lowest BCUT2D eigenvalue weighted by atomic mass is 9.91. The van der Waals surface area contributed by atoms with Crippen molar-refractivity contribution in [1.29, 1.82) is 0 Å². The first-order valence-corrected chi connectivity index (χ1v) is 8.92. The van der Waals surface area contributed by atoms with Crippen molar-refractivity contribution < 1.29 is 18.0 Å². The summed E-state index contributed by atoms with van der Waals surface area (Å²) in [5.74, 6) is 0.418. The Morgan fingerprint density at radius 3 is 2.50 bits per heavy atom. The zero-order chi connectivity index (χ0) is 18.7. The van der Waals surface area contributed by atoms with Gasteiger partial charge in [-0.2, -0.15) is 13.2 Å². The summed E-state index contributed by atoms with van der Waals surface area (Å²) in [7, 11) is 0. The molecule has 0 N–H and O–H groups in total. The van der Waals surface area contributed by atoms with Crippen molar-refractivity contribution in [1.82, 2.24) is 14.5 Å². The normalized spacial score (nSPS) is 21.8. The minimum absolute atomic E-state index is 0.0679. The number of hydrogen-bond donors (Lipinski definition) is 0. The van der Waals surface area contributed by atoms with Crippen LogP contribution in [0.1, 0.15) is 37.8 Å². The fourth-order valence-corrected chi connectivity index (χ4v) is 3.61. The maximum Gasteiger partial charge on any atom is 0.433 e.